The molecule has 0 spiro atoms. The number of rotatable bonds is 2. The molecule has 2 nitrogen and oxygen atoms in total. The summed E-state index contributed by atoms with van der Waals surface area (Å²) in [6, 6.07) is 21.9. The Morgan fingerprint density at radius 3 is 2.14 bits per heavy atom. The van der Waals surface area contributed by atoms with Crippen molar-refractivity contribution in [3.63, 3.8) is 0 Å². The van der Waals surface area contributed by atoms with E-state index in [0.29, 0.717) is 0 Å². The third kappa shape index (κ3) is 2.25. The predicted molar refractivity (Wildman–Crippen MR) is 93.2 cm³/mol. The van der Waals surface area contributed by atoms with E-state index in [2.05, 4.69) is 66.0 Å². The third-order valence-electron chi connectivity index (χ3n) is 4.84. The number of thioether (sulfide) groups is 1. The SMILES string of the molecule is NC1NC2=C(CC(c3ccccc3)(c3ccccc3)CC2)S1. The predicted octanol–water partition coefficient (Wildman–Crippen LogP) is 3.95. The number of nitrogens with one attached hydrogen (secondary N) is 1. The Hall–Kier alpha value is -1.71. The Bertz CT molecular complexity index is 654. The highest BCUT2D eigenvalue weighted by Gasteiger charge is 2.41. The van der Waals surface area contributed by atoms with Gasteiger partial charge in [-0.05, 0) is 30.4 Å². The van der Waals surface area contributed by atoms with Gasteiger partial charge < -0.3 is 11.1 Å². The molecule has 0 radical (unpaired) electrons. The maximum Gasteiger partial charge on any atom is 0.127 e. The molecule has 1 aliphatic heterocycles. The van der Waals surface area contributed by atoms with Gasteiger partial charge >= 0.3 is 0 Å². The third-order valence-corrected chi connectivity index (χ3v) is 5.89. The highest BCUT2D eigenvalue weighted by atomic mass is 32.2. The lowest BCUT2D eigenvalue weighted by molar-refractivity contribution is 0.443. The Morgan fingerprint density at radius 2 is 1.55 bits per heavy atom. The van der Waals surface area contributed by atoms with Crippen molar-refractivity contribution in [1.82, 2.24) is 5.32 Å². The lowest BCUT2D eigenvalue weighted by Crippen LogP contribution is -2.33. The van der Waals surface area contributed by atoms with Crippen molar-refractivity contribution in [3.05, 3.63) is 82.4 Å². The van der Waals surface area contributed by atoms with Crippen LogP contribution in [0.2, 0.25) is 0 Å². The number of nitrogens with two attached hydrogens (primary N) is 1. The van der Waals surface area contributed by atoms with Crippen LogP contribution in [-0.2, 0) is 5.41 Å². The summed E-state index contributed by atoms with van der Waals surface area (Å²) in [6.45, 7) is 0. The molecule has 1 heterocycles. The molecule has 112 valence electrons. The van der Waals surface area contributed by atoms with E-state index in [1.807, 2.05) is 0 Å². The zero-order valence-electron chi connectivity index (χ0n) is 12.5. The van der Waals surface area contributed by atoms with Crippen LogP contribution in [-0.4, -0.2) is 5.50 Å². The van der Waals surface area contributed by atoms with Crippen LogP contribution < -0.4 is 11.1 Å². The van der Waals surface area contributed by atoms with Crippen molar-refractivity contribution >= 4 is 11.8 Å². The molecule has 2 aromatic rings. The summed E-state index contributed by atoms with van der Waals surface area (Å²) < 4.78 is 0. The molecule has 3 N–H and O–H groups in total. The van der Waals surface area contributed by atoms with Crippen molar-refractivity contribution < 1.29 is 0 Å². The zero-order valence-corrected chi connectivity index (χ0v) is 13.3. The van der Waals surface area contributed by atoms with Crippen molar-refractivity contribution in [1.29, 1.82) is 0 Å². The molecule has 4 rings (SSSR count). The van der Waals surface area contributed by atoms with Gasteiger partial charge in [-0.2, -0.15) is 0 Å². The van der Waals surface area contributed by atoms with Crippen molar-refractivity contribution in [3.8, 4) is 0 Å². The second kappa shape index (κ2) is 5.49. The lowest BCUT2D eigenvalue weighted by atomic mass is 9.66. The number of allylic oxidation sites excluding steroid dienone is 2. The van der Waals surface area contributed by atoms with E-state index >= 15 is 0 Å². The van der Waals surface area contributed by atoms with Crippen LogP contribution >= 0.6 is 11.8 Å². The summed E-state index contributed by atoms with van der Waals surface area (Å²) in [4.78, 5) is 1.44. The molecule has 2 aromatic carbocycles. The maximum atomic E-state index is 6.07. The molecule has 3 heteroatoms. The Labute approximate surface area is 135 Å². The molecular weight excluding hydrogens is 288 g/mol. The molecule has 1 atom stereocenters. The molecule has 22 heavy (non-hydrogen) atoms. The molecule has 0 aromatic heterocycles. The summed E-state index contributed by atoms with van der Waals surface area (Å²) in [6.07, 6.45) is 3.24. The van der Waals surface area contributed by atoms with Crippen LogP contribution in [0.3, 0.4) is 0 Å². The standard InChI is InChI=1S/C19H20N2S/c20-18-21-16-11-12-19(13-17(16)22-18,14-7-3-1-4-8-14)15-9-5-2-6-10-15/h1-10,18,21H,11-13,20H2. The first-order chi connectivity index (χ1) is 10.8. The highest BCUT2D eigenvalue weighted by molar-refractivity contribution is 8.03. The fourth-order valence-electron chi connectivity index (χ4n) is 3.74. The van der Waals surface area contributed by atoms with Crippen LogP contribution in [0.5, 0.6) is 0 Å². The van der Waals surface area contributed by atoms with Crippen molar-refractivity contribution in [2.45, 2.75) is 30.2 Å². The van der Waals surface area contributed by atoms with Gasteiger partial charge in [0, 0.05) is 16.0 Å². The minimum Gasteiger partial charge on any atom is -0.364 e. The average Bonchev–Trinajstić information content (AvgIpc) is 2.95. The maximum absolute atomic E-state index is 6.07. The topological polar surface area (TPSA) is 38.0 Å². The van der Waals surface area contributed by atoms with Crippen LogP contribution in [0.25, 0.3) is 0 Å². The van der Waals surface area contributed by atoms with E-state index in [1.54, 1.807) is 11.8 Å². The summed E-state index contributed by atoms with van der Waals surface area (Å²) >= 11 is 1.79. The first kappa shape index (κ1) is 13.9. The Morgan fingerprint density at radius 1 is 0.955 bits per heavy atom. The average molecular weight is 308 g/mol. The zero-order chi connectivity index (χ0) is 15.0. The number of benzene rings is 2. The summed E-state index contributed by atoms with van der Waals surface area (Å²) in [5.41, 5.74) is 10.3. The second-order valence-corrected chi connectivity index (χ2v) is 7.31. The number of hydrogen-bond donors (Lipinski definition) is 2. The van der Waals surface area contributed by atoms with Crippen LogP contribution in [0.15, 0.2) is 71.3 Å². The van der Waals surface area contributed by atoms with Gasteiger partial charge in [0.1, 0.15) is 5.50 Å². The van der Waals surface area contributed by atoms with Crippen molar-refractivity contribution in [2.24, 2.45) is 5.73 Å². The van der Waals surface area contributed by atoms with Gasteiger partial charge in [-0.1, -0.05) is 72.4 Å². The fourth-order valence-corrected chi connectivity index (χ4v) is 4.88. The molecule has 1 aliphatic carbocycles. The first-order valence-electron chi connectivity index (χ1n) is 7.80. The minimum atomic E-state index is 0.0207. The van der Waals surface area contributed by atoms with E-state index < -0.39 is 0 Å². The summed E-state index contributed by atoms with van der Waals surface area (Å²) in [7, 11) is 0. The number of hydrogen-bond acceptors (Lipinski definition) is 3. The Balaban J connectivity index is 1.82. The molecule has 0 saturated carbocycles. The Kier molecular flexibility index (Phi) is 3.47. The molecule has 1 unspecified atom stereocenters. The van der Waals surface area contributed by atoms with Crippen LogP contribution in [0, 0.1) is 0 Å². The van der Waals surface area contributed by atoms with Gasteiger partial charge in [0.25, 0.3) is 0 Å². The molecule has 0 bridgehead atoms. The molecule has 0 fully saturated rings. The van der Waals surface area contributed by atoms with E-state index in [-0.39, 0.29) is 10.9 Å². The van der Waals surface area contributed by atoms with Gasteiger partial charge in [-0.25, -0.2) is 0 Å². The van der Waals surface area contributed by atoms with Crippen LogP contribution in [0.1, 0.15) is 30.4 Å². The molecular formula is C19H20N2S. The van der Waals surface area contributed by atoms with E-state index in [9.17, 15) is 0 Å². The van der Waals surface area contributed by atoms with E-state index in [1.165, 1.54) is 21.7 Å². The minimum absolute atomic E-state index is 0.0207. The van der Waals surface area contributed by atoms with Gasteiger partial charge in [-0.3, -0.25) is 0 Å². The largest absolute Gasteiger partial charge is 0.364 e. The lowest BCUT2D eigenvalue weighted by Gasteiger charge is -2.38. The van der Waals surface area contributed by atoms with Crippen molar-refractivity contribution in [2.75, 3.05) is 0 Å². The summed E-state index contributed by atoms with van der Waals surface area (Å²) in [5.74, 6) is 0. The second-order valence-electron chi connectivity index (χ2n) is 6.08. The summed E-state index contributed by atoms with van der Waals surface area (Å²) in [5, 5.41) is 3.42. The highest BCUT2D eigenvalue weighted by Crippen LogP contribution is 2.51. The quantitative estimate of drug-likeness (QED) is 0.882. The molecule has 2 aliphatic rings. The van der Waals surface area contributed by atoms with Crippen LogP contribution in [0.4, 0.5) is 0 Å². The van der Waals surface area contributed by atoms with Gasteiger partial charge in [0.15, 0.2) is 0 Å². The van der Waals surface area contributed by atoms with Gasteiger partial charge in [0.05, 0.1) is 0 Å². The normalized spacial score (nSPS) is 23.0. The van der Waals surface area contributed by atoms with E-state index in [4.69, 9.17) is 5.73 Å². The van der Waals surface area contributed by atoms with Gasteiger partial charge in [-0.15, -0.1) is 0 Å². The fraction of sp³-hybridized carbons (Fsp3) is 0.263. The van der Waals surface area contributed by atoms with Gasteiger partial charge in [0.2, 0.25) is 0 Å². The molecule has 0 amide bonds. The first-order valence-corrected chi connectivity index (χ1v) is 8.68. The monoisotopic (exact) mass is 308 g/mol. The van der Waals surface area contributed by atoms with E-state index in [0.717, 1.165) is 19.3 Å². The molecule has 0 saturated heterocycles. The smallest absolute Gasteiger partial charge is 0.127 e.